The average molecular weight is 730 g/mol. The topological polar surface area (TPSA) is 155 Å². The van der Waals surface area contributed by atoms with Gasteiger partial charge in [-0.25, -0.2) is 4.57 Å². The molecule has 0 amide bonds. The summed E-state index contributed by atoms with van der Waals surface area (Å²) in [5.74, 6) is -1.80. The summed E-state index contributed by atoms with van der Waals surface area (Å²) < 4.78 is 33.2. The molecule has 292 valence electrons. The van der Waals surface area contributed by atoms with Gasteiger partial charge in [0, 0.05) is 13.0 Å². The smallest absolute Gasteiger partial charge is 0.472 e. The Hall–Kier alpha value is -1.81. The number of phosphoric acid groups is 1. The number of hydrogen-bond acceptors (Lipinski definition) is 8. The fourth-order valence-electron chi connectivity index (χ4n) is 5.02. The van der Waals surface area contributed by atoms with Gasteiger partial charge in [0.2, 0.25) is 0 Å². The van der Waals surface area contributed by atoms with Crippen LogP contribution >= 0.6 is 7.82 Å². The van der Waals surface area contributed by atoms with Crippen molar-refractivity contribution in [1.82, 2.24) is 0 Å². The number of carboxylic acid groups (broad SMARTS) is 1. The molecule has 0 aliphatic carbocycles. The van der Waals surface area contributed by atoms with Crippen molar-refractivity contribution in [3.63, 3.8) is 0 Å². The Bertz CT molecular complexity index is 941. The number of phosphoric ester groups is 1. The van der Waals surface area contributed by atoms with Gasteiger partial charge in [0.05, 0.1) is 19.8 Å². The maximum atomic E-state index is 12.6. The summed E-state index contributed by atoms with van der Waals surface area (Å²) >= 11 is 0. The highest BCUT2D eigenvalue weighted by Crippen LogP contribution is 2.43. The molecule has 50 heavy (non-hydrogen) atoms. The van der Waals surface area contributed by atoms with Gasteiger partial charge in [0.25, 0.3) is 0 Å². The van der Waals surface area contributed by atoms with E-state index in [1.807, 2.05) is 0 Å². The quantitative estimate of drug-likeness (QED) is 0.0243. The highest BCUT2D eigenvalue weighted by molar-refractivity contribution is 7.47. The molecule has 3 atom stereocenters. The van der Waals surface area contributed by atoms with Gasteiger partial charge in [-0.3, -0.25) is 18.6 Å². The molecule has 0 aliphatic rings. The first-order chi connectivity index (χ1) is 24.2. The second-order valence-electron chi connectivity index (χ2n) is 13.0. The monoisotopic (exact) mass is 729 g/mol. The molecule has 0 spiro atoms. The van der Waals surface area contributed by atoms with Crippen molar-refractivity contribution >= 4 is 19.8 Å². The third-order valence-corrected chi connectivity index (χ3v) is 9.09. The number of ether oxygens (including phenoxy) is 2. The lowest BCUT2D eigenvalue weighted by Crippen LogP contribution is -2.34. The minimum Gasteiger partial charge on any atom is -0.480 e. The number of rotatable bonds is 37. The number of carbonyl (C=O) groups excluding carboxylic acids is 1. The van der Waals surface area contributed by atoms with Crippen molar-refractivity contribution < 1.29 is 42.7 Å². The van der Waals surface area contributed by atoms with E-state index < -0.39 is 45.1 Å². The summed E-state index contributed by atoms with van der Waals surface area (Å²) in [5.41, 5.74) is 5.34. The number of unbranched alkanes of at least 4 members (excludes halogenated alkanes) is 17. The number of allylic oxidation sites excluding steroid dienone is 6. The maximum Gasteiger partial charge on any atom is 0.472 e. The maximum absolute atomic E-state index is 12.6. The number of hydrogen-bond donors (Lipinski definition) is 3. The molecule has 0 aromatic rings. The van der Waals surface area contributed by atoms with Gasteiger partial charge in [0.15, 0.2) is 0 Å². The molecule has 4 N–H and O–H groups in total. The average Bonchev–Trinajstić information content (AvgIpc) is 3.09. The van der Waals surface area contributed by atoms with E-state index in [9.17, 15) is 19.0 Å². The molecule has 0 aliphatic heterocycles. The minimum absolute atomic E-state index is 0.00715. The van der Waals surface area contributed by atoms with Gasteiger partial charge < -0.3 is 25.2 Å². The Labute approximate surface area is 304 Å². The van der Waals surface area contributed by atoms with Crippen LogP contribution in [0.5, 0.6) is 0 Å². The SMILES string of the molecule is CCCC/C=C\C/C=C\CCCCCCCC(=O)OC(COCCCCCCCC/C=C\CCCCCC)COP(=O)(O)OCC(N)C(=O)O. The molecule has 0 heterocycles. The molecule has 0 rings (SSSR count). The Morgan fingerprint density at radius 3 is 1.70 bits per heavy atom. The van der Waals surface area contributed by atoms with E-state index in [4.69, 9.17) is 29.4 Å². The van der Waals surface area contributed by atoms with Crippen molar-refractivity contribution in [3.8, 4) is 0 Å². The lowest BCUT2D eigenvalue weighted by atomic mass is 10.1. The van der Waals surface area contributed by atoms with Crippen molar-refractivity contribution in [2.24, 2.45) is 5.73 Å². The largest absolute Gasteiger partial charge is 0.480 e. The van der Waals surface area contributed by atoms with Crippen LogP contribution in [0.2, 0.25) is 0 Å². The normalized spacial score (nSPS) is 14.5. The summed E-state index contributed by atoms with van der Waals surface area (Å²) in [6.45, 7) is 3.78. The first kappa shape index (κ1) is 48.2. The number of nitrogens with two attached hydrogens (primary N) is 1. The fraction of sp³-hybridized carbons (Fsp3) is 0.795. The standard InChI is InChI=1S/C39H72NO9P/c1-3-5-7-9-11-13-15-17-19-21-23-25-27-29-31-38(41)49-36(34-47-50(44,45)48-35-37(40)39(42)43)33-46-32-30-28-26-24-22-20-18-16-14-12-10-8-6-4-2/h9,11,14-17,36-37H,3-8,10,12-13,18-35,40H2,1-2H3,(H,42,43)(H,44,45)/b11-9-,16-14-,17-15-. The van der Waals surface area contributed by atoms with E-state index >= 15 is 0 Å². The molecule has 0 aromatic carbocycles. The molecular weight excluding hydrogens is 657 g/mol. The van der Waals surface area contributed by atoms with Crippen LogP contribution in [0.25, 0.3) is 0 Å². The highest BCUT2D eigenvalue weighted by atomic mass is 31.2. The van der Waals surface area contributed by atoms with Crippen LogP contribution in [0.3, 0.4) is 0 Å². The summed E-state index contributed by atoms with van der Waals surface area (Å²) in [6.07, 6.45) is 37.6. The first-order valence-corrected chi connectivity index (χ1v) is 21.0. The number of aliphatic carboxylic acids is 1. The van der Waals surface area contributed by atoms with Crippen LogP contribution in [0.15, 0.2) is 36.5 Å². The molecule has 11 heteroatoms. The zero-order valence-corrected chi connectivity index (χ0v) is 32.4. The van der Waals surface area contributed by atoms with E-state index in [0.29, 0.717) is 13.0 Å². The summed E-state index contributed by atoms with van der Waals surface area (Å²) in [5, 5.41) is 8.87. The Morgan fingerprint density at radius 1 is 0.640 bits per heavy atom. The van der Waals surface area contributed by atoms with Gasteiger partial charge in [0.1, 0.15) is 12.1 Å². The number of esters is 1. The summed E-state index contributed by atoms with van der Waals surface area (Å²) in [6, 6.07) is -1.48. The molecular formula is C39H72NO9P. The van der Waals surface area contributed by atoms with E-state index in [2.05, 4.69) is 50.3 Å². The van der Waals surface area contributed by atoms with Crippen molar-refractivity contribution in [3.05, 3.63) is 36.5 Å². The van der Waals surface area contributed by atoms with Gasteiger partial charge in [-0.05, 0) is 64.2 Å². The van der Waals surface area contributed by atoms with E-state index in [0.717, 1.165) is 70.6 Å². The summed E-state index contributed by atoms with van der Waals surface area (Å²) in [4.78, 5) is 33.4. The predicted octanol–water partition coefficient (Wildman–Crippen LogP) is 10.1. The second-order valence-corrected chi connectivity index (χ2v) is 14.5. The first-order valence-electron chi connectivity index (χ1n) is 19.5. The van der Waals surface area contributed by atoms with Crippen molar-refractivity contribution in [2.45, 2.75) is 174 Å². The van der Waals surface area contributed by atoms with E-state index in [1.54, 1.807) is 0 Å². The van der Waals surface area contributed by atoms with Crippen LogP contribution < -0.4 is 5.73 Å². The van der Waals surface area contributed by atoms with E-state index in [-0.39, 0.29) is 13.0 Å². The number of carboxylic acids is 1. The van der Waals surface area contributed by atoms with Gasteiger partial charge in [-0.1, -0.05) is 127 Å². The van der Waals surface area contributed by atoms with Crippen molar-refractivity contribution in [1.29, 1.82) is 0 Å². The Balaban J connectivity index is 4.34. The zero-order valence-electron chi connectivity index (χ0n) is 31.5. The third kappa shape index (κ3) is 34.6. The zero-order chi connectivity index (χ0) is 37.0. The summed E-state index contributed by atoms with van der Waals surface area (Å²) in [7, 11) is -4.61. The van der Waals surface area contributed by atoms with Crippen LogP contribution in [-0.2, 0) is 32.7 Å². The van der Waals surface area contributed by atoms with Crippen LogP contribution in [-0.4, -0.2) is 60.5 Å². The Kier molecular flexibility index (Phi) is 34.3. The molecule has 0 radical (unpaired) electrons. The highest BCUT2D eigenvalue weighted by Gasteiger charge is 2.27. The number of carbonyl (C=O) groups is 2. The molecule has 0 aromatic heterocycles. The predicted molar refractivity (Wildman–Crippen MR) is 203 cm³/mol. The lowest BCUT2D eigenvalue weighted by Gasteiger charge is -2.20. The lowest BCUT2D eigenvalue weighted by molar-refractivity contribution is -0.154. The van der Waals surface area contributed by atoms with Crippen LogP contribution in [0.1, 0.15) is 162 Å². The second kappa shape index (κ2) is 35.6. The molecule has 0 bridgehead atoms. The molecule has 3 unspecified atom stereocenters. The fourth-order valence-corrected chi connectivity index (χ4v) is 5.80. The van der Waals surface area contributed by atoms with E-state index in [1.165, 1.54) is 64.2 Å². The van der Waals surface area contributed by atoms with Gasteiger partial charge in [-0.2, -0.15) is 0 Å². The third-order valence-electron chi connectivity index (χ3n) is 8.14. The molecule has 0 fully saturated rings. The van der Waals surface area contributed by atoms with Crippen LogP contribution in [0, 0.1) is 0 Å². The van der Waals surface area contributed by atoms with Gasteiger partial charge >= 0.3 is 19.8 Å². The molecule has 0 saturated carbocycles. The molecule has 0 saturated heterocycles. The molecule has 10 nitrogen and oxygen atoms in total. The Morgan fingerprint density at radius 2 is 1.12 bits per heavy atom. The minimum atomic E-state index is -4.61. The van der Waals surface area contributed by atoms with Crippen LogP contribution in [0.4, 0.5) is 0 Å². The van der Waals surface area contributed by atoms with Crippen molar-refractivity contribution in [2.75, 3.05) is 26.4 Å². The van der Waals surface area contributed by atoms with Gasteiger partial charge in [-0.15, -0.1) is 0 Å².